The molecule has 1 rings (SSSR count). The Labute approximate surface area is 175 Å². The van der Waals surface area contributed by atoms with Gasteiger partial charge in [0.15, 0.2) is 0 Å². The molecule has 4 atom stereocenters. The summed E-state index contributed by atoms with van der Waals surface area (Å²) in [6.07, 6.45) is 0.213. The minimum atomic E-state index is -1.20. The molecule has 0 heterocycles. The monoisotopic (exact) mass is 422 g/mol. The second-order valence-electron chi connectivity index (χ2n) is 7.51. The molecule has 0 aliphatic carbocycles. The first-order valence-corrected chi connectivity index (χ1v) is 9.59. The SMILES string of the molecule is CC(NC(=O)C(C)NC(=O)C(NC(=O)C(N)Cc1ccc(O)cc1)C(C)C)C(=O)O. The fraction of sp³-hybridized carbons (Fsp3) is 0.500. The Kier molecular flexibility index (Phi) is 9.25. The van der Waals surface area contributed by atoms with Crippen LogP contribution in [0.1, 0.15) is 33.3 Å². The molecule has 10 heteroatoms. The number of carbonyl (C=O) groups is 4. The van der Waals surface area contributed by atoms with E-state index in [0.717, 1.165) is 5.56 Å². The maximum absolute atomic E-state index is 12.6. The molecule has 1 aromatic carbocycles. The quantitative estimate of drug-likeness (QED) is 0.295. The number of hydrogen-bond donors (Lipinski definition) is 6. The third-order valence-corrected chi connectivity index (χ3v) is 4.46. The van der Waals surface area contributed by atoms with Crippen LogP contribution in [-0.2, 0) is 25.6 Å². The van der Waals surface area contributed by atoms with Crippen LogP contribution in [0.5, 0.6) is 5.75 Å². The van der Waals surface area contributed by atoms with Gasteiger partial charge in [-0.25, -0.2) is 0 Å². The summed E-state index contributed by atoms with van der Waals surface area (Å²) in [6.45, 7) is 6.18. The molecule has 1 aromatic rings. The Morgan fingerprint density at radius 2 is 1.40 bits per heavy atom. The van der Waals surface area contributed by atoms with Crippen LogP contribution in [0.15, 0.2) is 24.3 Å². The number of aliphatic carboxylic acids is 1. The highest BCUT2D eigenvalue weighted by Gasteiger charge is 2.29. The molecule has 0 saturated carbocycles. The van der Waals surface area contributed by atoms with Gasteiger partial charge in [-0.3, -0.25) is 19.2 Å². The normalized spacial score (nSPS) is 14.9. The Bertz CT molecular complexity index is 765. The topological polar surface area (TPSA) is 171 Å². The predicted octanol–water partition coefficient (Wildman–Crippen LogP) is -0.503. The van der Waals surface area contributed by atoms with E-state index in [4.69, 9.17) is 10.8 Å². The number of nitrogens with two attached hydrogens (primary N) is 1. The van der Waals surface area contributed by atoms with Crippen molar-refractivity contribution in [1.82, 2.24) is 16.0 Å². The molecule has 0 aliphatic rings. The second kappa shape index (κ2) is 11.1. The number of carboxylic acid groups (broad SMARTS) is 1. The Morgan fingerprint density at radius 1 is 0.867 bits per heavy atom. The zero-order chi connectivity index (χ0) is 23.0. The average molecular weight is 422 g/mol. The van der Waals surface area contributed by atoms with Crippen molar-refractivity contribution in [2.75, 3.05) is 0 Å². The predicted molar refractivity (Wildman–Crippen MR) is 109 cm³/mol. The fourth-order valence-corrected chi connectivity index (χ4v) is 2.54. The molecule has 0 aromatic heterocycles. The van der Waals surface area contributed by atoms with E-state index in [1.165, 1.54) is 26.0 Å². The van der Waals surface area contributed by atoms with Crippen LogP contribution in [0.3, 0.4) is 0 Å². The van der Waals surface area contributed by atoms with Gasteiger partial charge in [0, 0.05) is 0 Å². The van der Waals surface area contributed by atoms with Crippen LogP contribution in [-0.4, -0.2) is 58.1 Å². The molecule has 166 valence electrons. The molecule has 7 N–H and O–H groups in total. The maximum Gasteiger partial charge on any atom is 0.325 e. The molecule has 0 aliphatic heterocycles. The van der Waals surface area contributed by atoms with E-state index in [1.807, 2.05) is 0 Å². The van der Waals surface area contributed by atoms with Gasteiger partial charge in [-0.1, -0.05) is 26.0 Å². The molecule has 0 radical (unpaired) electrons. The summed E-state index contributed by atoms with van der Waals surface area (Å²) in [5.74, 6) is -3.16. The third-order valence-electron chi connectivity index (χ3n) is 4.46. The van der Waals surface area contributed by atoms with Crippen molar-refractivity contribution in [2.24, 2.45) is 11.7 Å². The lowest BCUT2D eigenvalue weighted by Gasteiger charge is -2.25. The second-order valence-corrected chi connectivity index (χ2v) is 7.51. The van der Waals surface area contributed by atoms with Gasteiger partial charge in [0.2, 0.25) is 17.7 Å². The van der Waals surface area contributed by atoms with Gasteiger partial charge < -0.3 is 31.9 Å². The zero-order valence-electron chi connectivity index (χ0n) is 17.5. The van der Waals surface area contributed by atoms with E-state index in [0.29, 0.717) is 0 Å². The Morgan fingerprint density at radius 3 is 1.90 bits per heavy atom. The summed E-state index contributed by atoms with van der Waals surface area (Å²) in [5.41, 5.74) is 6.69. The van der Waals surface area contributed by atoms with Crippen molar-refractivity contribution in [3.63, 3.8) is 0 Å². The maximum atomic E-state index is 12.6. The van der Waals surface area contributed by atoms with Gasteiger partial charge in [0.05, 0.1) is 6.04 Å². The van der Waals surface area contributed by atoms with Gasteiger partial charge in [0.1, 0.15) is 23.9 Å². The molecule has 10 nitrogen and oxygen atoms in total. The van der Waals surface area contributed by atoms with E-state index >= 15 is 0 Å². The lowest BCUT2D eigenvalue weighted by molar-refractivity contribution is -0.141. The number of amides is 3. The summed E-state index contributed by atoms with van der Waals surface area (Å²) in [6, 6.07) is 2.32. The first-order valence-electron chi connectivity index (χ1n) is 9.59. The minimum Gasteiger partial charge on any atom is -0.508 e. The van der Waals surface area contributed by atoms with Crippen molar-refractivity contribution >= 4 is 23.7 Å². The summed E-state index contributed by atoms with van der Waals surface area (Å²) >= 11 is 0. The first-order chi connectivity index (χ1) is 13.9. The van der Waals surface area contributed by atoms with E-state index in [1.54, 1.807) is 26.0 Å². The smallest absolute Gasteiger partial charge is 0.325 e. The van der Waals surface area contributed by atoms with Crippen LogP contribution >= 0.6 is 0 Å². The largest absolute Gasteiger partial charge is 0.508 e. The van der Waals surface area contributed by atoms with Crippen LogP contribution < -0.4 is 21.7 Å². The summed E-state index contributed by atoms with van der Waals surface area (Å²) in [7, 11) is 0. The van der Waals surface area contributed by atoms with Crippen molar-refractivity contribution in [2.45, 2.75) is 58.3 Å². The number of nitrogens with one attached hydrogen (secondary N) is 3. The Balaban J connectivity index is 2.70. The lowest BCUT2D eigenvalue weighted by atomic mass is 10.0. The highest BCUT2D eigenvalue weighted by atomic mass is 16.4. The van der Waals surface area contributed by atoms with Crippen molar-refractivity contribution in [3.8, 4) is 5.75 Å². The van der Waals surface area contributed by atoms with Crippen molar-refractivity contribution in [1.29, 1.82) is 0 Å². The van der Waals surface area contributed by atoms with Crippen molar-refractivity contribution in [3.05, 3.63) is 29.8 Å². The number of hydrogen-bond acceptors (Lipinski definition) is 6. The molecule has 3 amide bonds. The number of aromatic hydroxyl groups is 1. The number of benzene rings is 1. The Hall–Kier alpha value is -3.14. The first kappa shape index (κ1) is 24.9. The van der Waals surface area contributed by atoms with Gasteiger partial charge >= 0.3 is 5.97 Å². The van der Waals surface area contributed by atoms with E-state index < -0.39 is 47.9 Å². The van der Waals surface area contributed by atoms with Gasteiger partial charge in [-0.2, -0.15) is 0 Å². The van der Waals surface area contributed by atoms with E-state index in [9.17, 15) is 24.3 Å². The van der Waals surface area contributed by atoms with E-state index in [-0.39, 0.29) is 18.1 Å². The van der Waals surface area contributed by atoms with Crippen LogP contribution in [0.25, 0.3) is 0 Å². The highest BCUT2D eigenvalue weighted by Crippen LogP contribution is 2.11. The number of phenolic OH excluding ortho intramolecular Hbond substituents is 1. The molecular formula is C20H30N4O6. The standard InChI is InChI=1S/C20H30N4O6/c1-10(2)16(19(28)22-11(3)17(26)23-12(4)20(29)30)24-18(27)15(21)9-13-5-7-14(25)8-6-13/h5-8,10-12,15-16,25H,9,21H2,1-4H3,(H,22,28)(H,23,26)(H,24,27)(H,29,30). The van der Waals surface area contributed by atoms with Gasteiger partial charge in [-0.05, 0) is 43.9 Å². The summed E-state index contributed by atoms with van der Waals surface area (Å²) in [4.78, 5) is 47.9. The highest BCUT2D eigenvalue weighted by molar-refractivity contribution is 5.94. The number of carboxylic acids is 1. The summed E-state index contributed by atoms with van der Waals surface area (Å²) < 4.78 is 0. The summed E-state index contributed by atoms with van der Waals surface area (Å²) in [5, 5.41) is 25.5. The van der Waals surface area contributed by atoms with Crippen LogP contribution in [0, 0.1) is 5.92 Å². The van der Waals surface area contributed by atoms with E-state index in [2.05, 4.69) is 16.0 Å². The minimum absolute atomic E-state index is 0.101. The van der Waals surface area contributed by atoms with Crippen molar-refractivity contribution < 1.29 is 29.4 Å². The number of phenols is 1. The molecule has 0 saturated heterocycles. The van der Waals surface area contributed by atoms with Gasteiger partial charge in [-0.15, -0.1) is 0 Å². The molecule has 0 fully saturated rings. The molecule has 30 heavy (non-hydrogen) atoms. The third kappa shape index (κ3) is 7.70. The zero-order valence-corrected chi connectivity index (χ0v) is 17.5. The van der Waals surface area contributed by atoms with Crippen LogP contribution in [0.4, 0.5) is 0 Å². The number of carbonyl (C=O) groups excluding carboxylic acids is 3. The lowest BCUT2D eigenvalue weighted by Crippen LogP contribution is -2.57. The number of rotatable bonds is 10. The van der Waals surface area contributed by atoms with Crippen LogP contribution in [0.2, 0.25) is 0 Å². The van der Waals surface area contributed by atoms with Gasteiger partial charge in [0.25, 0.3) is 0 Å². The molecule has 0 bridgehead atoms. The average Bonchev–Trinajstić information content (AvgIpc) is 2.66. The molecule has 0 spiro atoms. The fourth-order valence-electron chi connectivity index (χ4n) is 2.54. The molecule has 4 unspecified atom stereocenters. The molecular weight excluding hydrogens is 392 g/mol.